The summed E-state index contributed by atoms with van der Waals surface area (Å²) in [5.74, 6) is 1.96. The third kappa shape index (κ3) is 5.08. The highest BCUT2D eigenvalue weighted by Crippen LogP contribution is 2.25. The summed E-state index contributed by atoms with van der Waals surface area (Å²) in [6.45, 7) is 2.10. The van der Waals surface area contributed by atoms with Crippen molar-refractivity contribution < 1.29 is 9.53 Å². The van der Waals surface area contributed by atoms with Crippen molar-refractivity contribution in [1.29, 1.82) is 0 Å². The maximum atomic E-state index is 11.2. The zero-order valence-corrected chi connectivity index (χ0v) is 17.3. The second kappa shape index (κ2) is 9.13. The van der Waals surface area contributed by atoms with E-state index in [9.17, 15) is 4.79 Å². The Morgan fingerprint density at radius 2 is 1.61 bits per heavy atom. The van der Waals surface area contributed by atoms with Gasteiger partial charge in [0, 0.05) is 30.2 Å². The molecule has 3 aromatic carbocycles. The van der Waals surface area contributed by atoms with Crippen LogP contribution in [0.3, 0.4) is 0 Å². The highest BCUT2D eigenvalue weighted by molar-refractivity contribution is 5.90. The van der Waals surface area contributed by atoms with Gasteiger partial charge < -0.3 is 20.7 Å². The number of para-hydroxylation sites is 1. The van der Waals surface area contributed by atoms with Gasteiger partial charge in [-0.15, -0.1) is 0 Å². The molecule has 0 aliphatic heterocycles. The fourth-order valence-electron chi connectivity index (χ4n) is 3.17. The van der Waals surface area contributed by atoms with Crippen molar-refractivity contribution >= 4 is 40.0 Å². The van der Waals surface area contributed by atoms with E-state index in [4.69, 9.17) is 4.74 Å². The summed E-state index contributed by atoms with van der Waals surface area (Å²) in [6.07, 6.45) is 0. The molecular weight excluding hydrogens is 390 g/mol. The summed E-state index contributed by atoms with van der Waals surface area (Å²) in [6, 6.07) is 23.2. The van der Waals surface area contributed by atoms with E-state index in [0.29, 0.717) is 12.5 Å². The van der Waals surface area contributed by atoms with E-state index in [0.717, 1.165) is 39.4 Å². The van der Waals surface area contributed by atoms with Gasteiger partial charge in [-0.2, -0.15) is 4.98 Å². The number of anilines is 4. The molecule has 0 saturated carbocycles. The van der Waals surface area contributed by atoms with Crippen LogP contribution in [0.25, 0.3) is 10.9 Å². The van der Waals surface area contributed by atoms with Crippen molar-refractivity contribution in [3.63, 3.8) is 0 Å². The molecule has 1 amide bonds. The third-order valence-electron chi connectivity index (χ3n) is 4.68. The molecule has 7 nitrogen and oxygen atoms in total. The van der Waals surface area contributed by atoms with E-state index < -0.39 is 0 Å². The van der Waals surface area contributed by atoms with Gasteiger partial charge in [0.25, 0.3) is 0 Å². The summed E-state index contributed by atoms with van der Waals surface area (Å²) < 4.78 is 5.22. The van der Waals surface area contributed by atoms with Crippen molar-refractivity contribution in [2.24, 2.45) is 0 Å². The Morgan fingerprint density at radius 3 is 2.32 bits per heavy atom. The molecule has 0 bridgehead atoms. The van der Waals surface area contributed by atoms with Gasteiger partial charge in [0.05, 0.1) is 12.6 Å². The lowest BCUT2D eigenvalue weighted by Gasteiger charge is -2.12. The van der Waals surface area contributed by atoms with Gasteiger partial charge in [-0.25, -0.2) is 4.98 Å². The number of carbonyl (C=O) groups excluding carboxylic acids is 1. The molecule has 4 aromatic rings. The number of hydrogen-bond acceptors (Lipinski definition) is 6. The summed E-state index contributed by atoms with van der Waals surface area (Å²) in [7, 11) is 1.65. The quantitative estimate of drug-likeness (QED) is 0.397. The van der Waals surface area contributed by atoms with Gasteiger partial charge in [-0.1, -0.05) is 24.3 Å². The Labute approximate surface area is 180 Å². The molecule has 0 radical (unpaired) electrons. The van der Waals surface area contributed by atoms with Gasteiger partial charge in [0.1, 0.15) is 11.6 Å². The average molecular weight is 413 g/mol. The molecule has 1 heterocycles. The Morgan fingerprint density at radius 1 is 0.903 bits per heavy atom. The summed E-state index contributed by atoms with van der Waals surface area (Å²) >= 11 is 0. The first-order valence-electron chi connectivity index (χ1n) is 9.89. The first-order valence-corrected chi connectivity index (χ1v) is 9.89. The van der Waals surface area contributed by atoms with Crippen molar-refractivity contribution in [1.82, 2.24) is 9.97 Å². The Bertz CT molecular complexity index is 1190. The lowest BCUT2D eigenvalue weighted by Crippen LogP contribution is -2.06. The molecule has 0 spiro atoms. The van der Waals surface area contributed by atoms with E-state index >= 15 is 0 Å². The molecule has 0 aliphatic carbocycles. The SMILES string of the molecule is COc1ccc(CNc2nc(Nc3ccc(NC(C)=O)cc3)nc3ccccc23)cc1. The lowest BCUT2D eigenvalue weighted by molar-refractivity contribution is -0.114. The van der Waals surface area contributed by atoms with Crippen molar-refractivity contribution in [3.05, 3.63) is 78.4 Å². The molecule has 4 rings (SSSR count). The summed E-state index contributed by atoms with van der Waals surface area (Å²) in [4.78, 5) is 20.5. The molecular formula is C24H23N5O2. The number of nitrogens with zero attached hydrogens (tertiary/aromatic N) is 2. The van der Waals surface area contributed by atoms with Crippen LogP contribution >= 0.6 is 0 Å². The normalized spacial score (nSPS) is 10.5. The number of rotatable bonds is 7. The molecule has 0 fully saturated rings. The van der Waals surface area contributed by atoms with Crippen molar-refractivity contribution in [3.8, 4) is 5.75 Å². The van der Waals surface area contributed by atoms with Crippen LogP contribution in [-0.4, -0.2) is 23.0 Å². The number of nitrogens with one attached hydrogen (secondary N) is 3. The predicted molar refractivity (Wildman–Crippen MR) is 124 cm³/mol. The van der Waals surface area contributed by atoms with E-state index in [1.54, 1.807) is 7.11 Å². The van der Waals surface area contributed by atoms with Crippen LogP contribution in [0.15, 0.2) is 72.8 Å². The van der Waals surface area contributed by atoms with Crippen LogP contribution in [0, 0.1) is 0 Å². The summed E-state index contributed by atoms with van der Waals surface area (Å²) in [5.41, 5.74) is 3.52. The van der Waals surface area contributed by atoms with Crippen LogP contribution in [0.1, 0.15) is 12.5 Å². The zero-order valence-electron chi connectivity index (χ0n) is 17.3. The monoisotopic (exact) mass is 413 g/mol. The minimum atomic E-state index is -0.105. The average Bonchev–Trinajstić information content (AvgIpc) is 2.79. The smallest absolute Gasteiger partial charge is 0.229 e. The highest BCUT2D eigenvalue weighted by Gasteiger charge is 2.08. The predicted octanol–water partition coefficient (Wildman–Crippen LogP) is 4.95. The third-order valence-corrected chi connectivity index (χ3v) is 4.68. The molecule has 7 heteroatoms. The van der Waals surface area contributed by atoms with Crippen LogP contribution in [0.2, 0.25) is 0 Å². The van der Waals surface area contributed by atoms with E-state index in [1.807, 2.05) is 72.8 Å². The van der Waals surface area contributed by atoms with E-state index in [1.165, 1.54) is 6.92 Å². The maximum Gasteiger partial charge on any atom is 0.229 e. The Kier molecular flexibility index (Phi) is 5.93. The molecule has 31 heavy (non-hydrogen) atoms. The number of aromatic nitrogens is 2. The highest BCUT2D eigenvalue weighted by atomic mass is 16.5. The number of amides is 1. The summed E-state index contributed by atoms with van der Waals surface area (Å²) in [5, 5.41) is 10.4. The Hall–Kier alpha value is -4.13. The standard InChI is InChI=1S/C24H23N5O2/c1-16(30)26-18-9-11-19(12-10-18)27-24-28-22-6-4-3-5-21(22)23(29-24)25-15-17-7-13-20(31-2)14-8-17/h3-14H,15H2,1-2H3,(H,26,30)(H2,25,27,28,29). The molecule has 3 N–H and O–H groups in total. The van der Waals surface area contributed by atoms with Crippen LogP contribution < -0.4 is 20.7 Å². The second-order valence-corrected chi connectivity index (χ2v) is 7.00. The number of ether oxygens (including phenoxy) is 1. The van der Waals surface area contributed by atoms with E-state index in [-0.39, 0.29) is 5.91 Å². The molecule has 156 valence electrons. The minimum Gasteiger partial charge on any atom is -0.497 e. The molecule has 1 aromatic heterocycles. The van der Waals surface area contributed by atoms with Crippen LogP contribution in [-0.2, 0) is 11.3 Å². The Balaban J connectivity index is 1.56. The first kappa shape index (κ1) is 20.2. The minimum absolute atomic E-state index is 0.105. The largest absolute Gasteiger partial charge is 0.497 e. The van der Waals surface area contributed by atoms with Crippen molar-refractivity contribution in [2.75, 3.05) is 23.1 Å². The number of hydrogen-bond donors (Lipinski definition) is 3. The van der Waals surface area contributed by atoms with Gasteiger partial charge >= 0.3 is 0 Å². The van der Waals surface area contributed by atoms with Gasteiger partial charge in [-0.3, -0.25) is 4.79 Å². The van der Waals surface area contributed by atoms with Crippen molar-refractivity contribution in [2.45, 2.75) is 13.5 Å². The number of fused-ring (bicyclic) bond motifs is 1. The van der Waals surface area contributed by atoms with Crippen LogP contribution in [0.5, 0.6) is 5.75 Å². The molecule has 0 unspecified atom stereocenters. The molecule has 0 aliphatic rings. The first-order chi connectivity index (χ1) is 15.1. The fraction of sp³-hybridized carbons (Fsp3) is 0.125. The molecule has 0 saturated heterocycles. The fourth-order valence-corrected chi connectivity index (χ4v) is 3.17. The number of methoxy groups -OCH3 is 1. The van der Waals surface area contributed by atoms with Gasteiger partial charge in [0.2, 0.25) is 11.9 Å². The lowest BCUT2D eigenvalue weighted by atomic mass is 10.2. The number of benzene rings is 3. The number of carbonyl (C=O) groups is 1. The molecule has 0 atom stereocenters. The van der Waals surface area contributed by atoms with E-state index in [2.05, 4.69) is 25.9 Å². The van der Waals surface area contributed by atoms with Gasteiger partial charge in [-0.05, 0) is 54.1 Å². The second-order valence-electron chi connectivity index (χ2n) is 7.00. The zero-order chi connectivity index (χ0) is 21.6. The van der Waals surface area contributed by atoms with Crippen LogP contribution in [0.4, 0.5) is 23.1 Å². The topological polar surface area (TPSA) is 88.2 Å². The maximum absolute atomic E-state index is 11.2. The van der Waals surface area contributed by atoms with Gasteiger partial charge in [0.15, 0.2) is 0 Å².